The van der Waals surface area contributed by atoms with Gasteiger partial charge in [-0.25, -0.2) is 10.0 Å². The van der Waals surface area contributed by atoms with Crippen LogP contribution >= 0.6 is 0 Å². The minimum absolute atomic E-state index is 0.572. The van der Waals surface area contributed by atoms with Crippen LogP contribution in [0.25, 0.3) is 0 Å². The molecule has 1 unspecified atom stereocenters. The number of amidine groups is 1. The fraction of sp³-hybridized carbons (Fsp3) is 0.350. The number of benzene rings is 2. The third-order valence-corrected chi connectivity index (χ3v) is 4.89. The SMILES string of the molecule is CC1CCCCN1N1Cc2ccccc2N=C1c1ccccc1. The van der Waals surface area contributed by atoms with E-state index < -0.39 is 0 Å². The summed E-state index contributed by atoms with van der Waals surface area (Å²) in [6.07, 6.45) is 3.87. The van der Waals surface area contributed by atoms with Gasteiger partial charge in [0, 0.05) is 18.2 Å². The summed E-state index contributed by atoms with van der Waals surface area (Å²) >= 11 is 0. The van der Waals surface area contributed by atoms with Crippen LogP contribution in [0.15, 0.2) is 59.6 Å². The first-order valence-corrected chi connectivity index (χ1v) is 8.59. The van der Waals surface area contributed by atoms with E-state index in [1.807, 2.05) is 0 Å². The third-order valence-electron chi connectivity index (χ3n) is 4.89. The number of nitrogens with zero attached hydrogens (tertiary/aromatic N) is 3. The van der Waals surface area contributed by atoms with Crippen LogP contribution in [-0.2, 0) is 6.54 Å². The van der Waals surface area contributed by atoms with E-state index in [9.17, 15) is 0 Å². The monoisotopic (exact) mass is 305 g/mol. The summed E-state index contributed by atoms with van der Waals surface area (Å²) in [5, 5.41) is 4.92. The predicted molar refractivity (Wildman–Crippen MR) is 94.6 cm³/mol. The molecule has 2 aromatic rings. The van der Waals surface area contributed by atoms with Crippen molar-refractivity contribution in [3.8, 4) is 0 Å². The van der Waals surface area contributed by atoms with Crippen molar-refractivity contribution in [2.24, 2.45) is 4.99 Å². The molecule has 2 aliphatic rings. The van der Waals surface area contributed by atoms with Gasteiger partial charge in [0.15, 0.2) is 5.84 Å². The first-order valence-electron chi connectivity index (χ1n) is 8.59. The van der Waals surface area contributed by atoms with Crippen LogP contribution in [0.3, 0.4) is 0 Å². The molecule has 4 rings (SSSR count). The van der Waals surface area contributed by atoms with Crippen molar-refractivity contribution >= 4 is 11.5 Å². The van der Waals surface area contributed by atoms with Crippen molar-refractivity contribution in [1.82, 2.24) is 10.0 Å². The van der Waals surface area contributed by atoms with Crippen molar-refractivity contribution in [2.75, 3.05) is 6.54 Å². The minimum Gasteiger partial charge on any atom is -0.284 e. The molecule has 0 spiro atoms. The van der Waals surface area contributed by atoms with Crippen molar-refractivity contribution in [2.45, 2.75) is 38.8 Å². The van der Waals surface area contributed by atoms with Gasteiger partial charge in [0.05, 0.1) is 12.2 Å². The largest absolute Gasteiger partial charge is 0.284 e. The highest BCUT2D eigenvalue weighted by molar-refractivity contribution is 6.01. The Morgan fingerprint density at radius 1 is 0.957 bits per heavy atom. The molecule has 23 heavy (non-hydrogen) atoms. The molecule has 0 aliphatic carbocycles. The number of hydrogen-bond donors (Lipinski definition) is 0. The summed E-state index contributed by atoms with van der Waals surface area (Å²) < 4.78 is 0. The average Bonchev–Trinajstić information content (AvgIpc) is 2.62. The van der Waals surface area contributed by atoms with E-state index in [0.717, 1.165) is 24.6 Å². The summed E-state index contributed by atoms with van der Waals surface area (Å²) in [4.78, 5) is 5.01. The third kappa shape index (κ3) is 2.77. The number of hydrazine groups is 1. The number of piperidine rings is 1. The normalized spacial score (nSPS) is 21.7. The second-order valence-electron chi connectivity index (χ2n) is 6.50. The Hall–Kier alpha value is -2.13. The molecule has 1 saturated heterocycles. The number of aliphatic imine (C=N–C) groups is 1. The number of rotatable bonds is 2. The molecule has 2 aromatic carbocycles. The molecule has 1 fully saturated rings. The maximum atomic E-state index is 5.01. The lowest BCUT2D eigenvalue weighted by Crippen LogP contribution is -2.53. The molecular formula is C20H23N3. The summed E-state index contributed by atoms with van der Waals surface area (Å²) in [7, 11) is 0. The zero-order valence-corrected chi connectivity index (χ0v) is 13.7. The molecule has 0 N–H and O–H groups in total. The van der Waals surface area contributed by atoms with Gasteiger partial charge < -0.3 is 0 Å². The van der Waals surface area contributed by atoms with E-state index in [-0.39, 0.29) is 0 Å². The van der Waals surface area contributed by atoms with Crippen LogP contribution in [0.1, 0.15) is 37.3 Å². The van der Waals surface area contributed by atoms with Crippen LogP contribution in [0.5, 0.6) is 0 Å². The fourth-order valence-corrected chi connectivity index (χ4v) is 3.62. The lowest BCUT2D eigenvalue weighted by atomic mass is 10.0. The van der Waals surface area contributed by atoms with E-state index in [2.05, 4.69) is 71.5 Å². The Labute approximate surface area is 138 Å². The second-order valence-corrected chi connectivity index (χ2v) is 6.50. The van der Waals surface area contributed by atoms with Gasteiger partial charge in [-0.2, -0.15) is 0 Å². The summed E-state index contributed by atoms with van der Waals surface area (Å²) in [6, 6.07) is 19.6. The maximum Gasteiger partial charge on any atom is 0.151 e. The van der Waals surface area contributed by atoms with E-state index in [1.54, 1.807) is 0 Å². The van der Waals surface area contributed by atoms with Crippen LogP contribution in [0, 0.1) is 0 Å². The van der Waals surface area contributed by atoms with Crippen molar-refractivity contribution in [1.29, 1.82) is 0 Å². The Kier molecular flexibility index (Phi) is 3.88. The smallest absolute Gasteiger partial charge is 0.151 e. The standard InChI is InChI=1S/C20H23N3/c1-16-9-7-8-14-22(16)23-15-18-12-5-6-13-19(18)21-20(23)17-10-3-2-4-11-17/h2-6,10-13,16H,7-9,14-15H2,1H3. The topological polar surface area (TPSA) is 18.8 Å². The first-order chi connectivity index (χ1) is 11.3. The van der Waals surface area contributed by atoms with Gasteiger partial charge in [-0.1, -0.05) is 55.0 Å². The van der Waals surface area contributed by atoms with Gasteiger partial charge in [0.1, 0.15) is 0 Å². The zero-order chi connectivity index (χ0) is 15.6. The quantitative estimate of drug-likeness (QED) is 0.820. The highest BCUT2D eigenvalue weighted by atomic mass is 15.7. The molecule has 1 atom stereocenters. The van der Waals surface area contributed by atoms with Gasteiger partial charge >= 0.3 is 0 Å². The zero-order valence-electron chi connectivity index (χ0n) is 13.7. The van der Waals surface area contributed by atoms with Gasteiger partial charge in [0.25, 0.3) is 0 Å². The van der Waals surface area contributed by atoms with E-state index in [4.69, 9.17) is 4.99 Å². The fourth-order valence-electron chi connectivity index (χ4n) is 3.62. The average molecular weight is 305 g/mol. The summed E-state index contributed by atoms with van der Waals surface area (Å²) in [5.74, 6) is 1.08. The molecule has 0 bridgehead atoms. The lowest BCUT2D eigenvalue weighted by molar-refractivity contribution is -0.0225. The summed E-state index contributed by atoms with van der Waals surface area (Å²) in [6.45, 7) is 4.37. The van der Waals surface area contributed by atoms with Crippen LogP contribution < -0.4 is 0 Å². The lowest BCUT2D eigenvalue weighted by Gasteiger charge is -2.45. The van der Waals surface area contributed by atoms with Gasteiger partial charge in [-0.3, -0.25) is 5.01 Å². The molecule has 0 aromatic heterocycles. The van der Waals surface area contributed by atoms with Crippen LogP contribution in [0.2, 0.25) is 0 Å². The Balaban J connectivity index is 1.78. The maximum absolute atomic E-state index is 5.01. The van der Waals surface area contributed by atoms with Gasteiger partial charge in [0.2, 0.25) is 0 Å². The molecule has 3 nitrogen and oxygen atoms in total. The van der Waals surface area contributed by atoms with Crippen molar-refractivity contribution in [3.05, 3.63) is 65.7 Å². The molecule has 2 heterocycles. The van der Waals surface area contributed by atoms with Gasteiger partial charge in [-0.15, -0.1) is 0 Å². The van der Waals surface area contributed by atoms with E-state index in [1.165, 1.54) is 30.4 Å². The Bertz CT molecular complexity index is 708. The minimum atomic E-state index is 0.572. The highest BCUT2D eigenvalue weighted by Gasteiger charge is 2.30. The molecular weight excluding hydrogens is 282 g/mol. The number of hydrogen-bond acceptors (Lipinski definition) is 3. The van der Waals surface area contributed by atoms with Crippen LogP contribution in [0.4, 0.5) is 5.69 Å². The molecule has 118 valence electrons. The van der Waals surface area contributed by atoms with Crippen molar-refractivity contribution in [3.63, 3.8) is 0 Å². The molecule has 0 radical (unpaired) electrons. The Morgan fingerprint density at radius 2 is 1.74 bits per heavy atom. The molecule has 0 saturated carbocycles. The van der Waals surface area contributed by atoms with E-state index in [0.29, 0.717) is 6.04 Å². The highest BCUT2D eigenvalue weighted by Crippen LogP contribution is 2.31. The van der Waals surface area contributed by atoms with E-state index >= 15 is 0 Å². The van der Waals surface area contributed by atoms with Gasteiger partial charge in [-0.05, 0) is 31.4 Å². The van der Waals surface area contributed by atoms with Crippen LogP contribution in [-0.4, -0.2) is 28.4 Å². The van der Waals surface area contributed by atoms with Crippen molar-refractivity contribution < 1.29 is 0 Å². The molecule has 2 aliphatic heterocycles. The number of para-hydroxylation sites is 1. The first kappa shape index (κ1) is 14.5. The predicted octanol–water partition coefficient (Wildman–Crippen LogP) is 4.37. The molecule has 3 heteroatoms. The molecule has 0 amide bonds. The summed E-state index contributed by atoms with van der Waals surface area (Å²) in [5.41, 5.74) is 3.61. The second kappa shape index (κ2) is 6.17. The number of fused-ring (bicyclic) bond motifs is 1. The Morgan fingerprint density at radius 3 is 2.57 bits per heavy atom.